The van der Waals surface area contributed by atoms with E-state index < -0.39 is 18.5 Å². The normalized spacial score (nSPS) is 11.9. The molecular formula is C11H7Cl2F3N2O. The lowest BCUT2D eigenvalue weighted by Gasteiger charge is -2.12. The second-order valence-corrected chi connectivity index (χ2v) is 4.50. The number of hydrogen-bond acceptors (Lipinski definition) is 2. The van der Waals surface area contributed by atoms with Crippen LogP contribution in [0.5, 0.6) is 0 Å². The highest BCUT2D eigenvalue weighted by Gasteiger charge is 2.38. The molecule has 0 aliphatic heterocycles. The van der Waals surface area contributed by atoms with Crippen LogP contribution >= 0.6 is 23.2 Å². The molecule has 0 aliphatic rings. The molecule has 0 atom stereocenters. The SMILES string of the molecule is OCc1cnn(-c2ccc(Cl)c(Cl)c2)c1C(F)(F)F. The van der Waals surface area contributed by atoms with Crippen LogP contribution in [0, 0.1) is 0 Å². The van der Waals surface area contributed by atoms with E-state index in [4.69, 9.17) is 28.3 Å². The third-order valence-electron chi connectivity index (χ3n) is 2.43. The summed E-state index contributed by atoms with van der Waals surface area (Å²) < 4.78 is 39.6. The van der Waals surface area contributed by atoms with Gasteiger partial charge in [0.05, 0.1) is 28.5 Å². The molecule has 1 aromatic carbocycles. The number of aliphatic hydroxyl groups excluding tert-OH is 1. The van der Waals surface area contributed by atoms with Crippen molar-refractivity contribution in [3.8, 4) is 5.69 Å². The molecule has 19 heavy (non-hydrogen) atoms. The summed E-state index contributed by atoms with van der Waals surface area (Å²) in [6, 6.07) is 4.00. The Morgan fingerprint density at radius 1 is 1.21 bits per heavy atom. The minimum atomic E-state index is -4.64. The van der Waals surface area contributed by atoms with Crippen molar-refractivity contribution >= 4 is 23.2 Å². The highest BCUT2D eigenvalue weighted by Crippen LogP contribution is 2.34. The lowest BCUT2D eigenvalue weighted by atomic mass is 10.2. The molecule has 0 aliphatic carbocycles. The van der Waals surface area contributed by atoms with Gasteiger partial charge in [0, 0.05) is 5.56 Å². The van der Waals surface area contributed by atoms with Gasteiger partial charge in [0.25, 0.3) is 0 Å². The summed E-state index contributed by atoms with van der Waals surface area (Å²) in [5.74, 6) is 0. The van der Waals surface area contributed by atoms with Gasteiger partial charge >= 0.3 is 6.18 Å². The van der Waals surface area contributed by atoms with E-state index in [0.29, 0.717) is 4.68 Å². The van der Waals surface area contributed by atoms with Crippen molar-refractivity contribution in [1.82, 2.24) is 9.78 Å². The van der Waals surface area contributed by atoms with Gasteiger partial charge in [-0.2, -0.15) is 18.3 Å². The zero-order chi connectivity index (χ0) is 14.2. The Morgan fingerprint density at radius 3 is 2.42 bits per heavy atom. The lowest BCUT2D eigenvalue weighted by molar-refractivity contribution is -0.143. The van der Waals surface area contributed by atoms with E-state index in [1.165, 1.54) is 18.2 Å². The molecular weight excluding hydrogens is 304 g/mol. The average molecular weight is 311 g/mol. The van der Waals surface area contributed by atoms with Crippen molar-refractivity contribution in [1.29, 1.82) is 0 Å². The Morgan fingerprint density at radius 2 is 1.89 bits per heavy atom. The van der Waals surface area contributed by atoms with E-state index >= 15 is 0 Å². The molecule has 0 fully saturated rings. The van der Waals surface area contributed by atoms with Crippen molar-refractivity contribution < 1.29 is 18.3 Å². The first-order chi connectivity index (χ1) is 8.84. The Kier molecular flexibility index (Phi) is 3.75. The van der Waals surface area contributed by atoms with Crippen LogP contribution in [0.3, 0.4) is 0 Å². The summed E-state index contributed by atoms with van der Waals surface area (Å²) in [6.45, 7) is -0.754. The molecule has 0 spiro atoms. The quantitative estimate of drug-likeness (QED) is 0.918. The van der Waals surface area contributed by atoms with Gasteiger partial charge in [0.2, 0.25) is 0 Å². The molecule has 0 bridgehead atoms. The fraction of sp³-hybridized carbons (Fsp3) is 0.182. The predicted molar refractivity (Wildman–Crippen MR) is 64.5 cm³/mol. The summed E-state index contributed by atoms with van der Waals surface area (Å²) in [5.41, 5.74) is -1.23. The highest BCUT2D eigenvalue weighted by atomic mass is 35.5. The summed E-state index contributed by atoms with van der Waals surface area (Å²) in [7, 11) is 0. The molecule has 2 aromatic rings. The fourth-order valence-corrected chi connectivity index (χ4v) is 1.91. The lowest BCUT2D eigenvalue weighted by Crippen LogP contribution is -2.15. The Labute approximate surface area is 116 Å². The second kappa shape index (κ2) is 5.03. The number of hydrogen-bond donors (Lipinski definition) is 1. The topological polar surface area (TPSA) is 38.1 Å². The van der Waals surface area contributed by atoms with Gasteiger partial charge in [-0.05, 0) is 18.2 Å². The van der Waals surface area contributed by atoms with Gasteiger partial charge in [-0.25, -0.2) is 4.68 Å². The van der Waals surface area contributed by atoms with Crippen molar-refractivity contribution in [2.24, 2.45) is 0 Å². The first-order valence-corrected chi connectivity index (χ1v) is 5.80. The molecule has 102 valence electrons. The van der Waals surface area contributed by atoms with Crippen LogP contribution < -0.4 is 0 Å². The van der Waals surface area contributed by atoms with Gasteiger partial charge in [0.15, 0.2) is 5.69 Å². The fourth-order valence-electron chi connectivity index (χ4n) is 1.61. The average Bonchev–Trinajstić information content (AvgIpc) is 2.76. The van der Waals surface area contributed by atoms with E-state index in [1.807, 2.05) is 0 Å². The smallest absolute Gasteiger partial charge is 0.392 e. The van der Waals surface area contributed by atoms with Crippen LogP contribution in [-0.2, 0) is 12.8 Å². The molecule has 0 unspecified atom stereocenters. The van der Waals surface area contributed by atoms with Crippen LogP contribution in [0.15, 0.2) is 24.4 Å². The number of halogens is 5. The number of aromatic nitrogens is 2. The summed E-state index contributed by atoms with van der Waals surface area (Å²) in [6.07, 6.45) is -3.67. The zero-order valence-electron chi connectivity index (χ0n) is 9.25. The molecule has 2 rings (SSSR count). The van der Waals surface area contributed by atoms with Crippen LogP contribution in [0.2, 0.25) is 10.0 Å². The largest absolute Gasteiger partial charge is 0.433 e. The maximum Gasteiger partial charge on any atom is 0.433 e. The summed E-state index contributed by atoms with van der Waals surface area (Å²) in [5, 5.41) is 12.9. The van der Waals surface area contributed by atoms with E-state index in [1.54, 1.807) is 0 Å². The van der Waals surface area contributed by atoms with Gasteiger partial charge in [-0.1, -0.05) is 23.2 Å². The Hall–Kier alpha value is -1.24. The van der Waals surface area contributed by atoms with E-state index in [9.17, 15) is 13.2 Å². The molecule has 0 amide bonds. The van der Waals surface area contributed by atoms with Crippen LogP contribution in [0.25, 0.3) is 5.69 Å². The van der Waals surface area contributed by atoms with Gasteiger partial charge < -0.3 is 5.11 Å². The minimum absolute atomic E-state index is 0.112. The number of aliphatic hydroxyl groups is 1. The van der Waals surface area contributed by atoms with Gasteiger partial charge in [-0.15, -0.1) is 0 Å². The van der Waals surface area contributed by atoms with Crippen molar-refractivity contribution in [3.63, 3.8) is 0 Å². The van der Waals surface area contributed by atoms with Crippen molar-refractivity contribution in [3.05, 3.63) is 45.7 Å². The number of rotatable bonds is 2. The Balaban J connectivity index is 2.62. The van der Waals surface area contributed by atoms with E-state index in [0.717, 1.165) is 6.20 Å². The maximum atomic E-state index is 13.0. The van der Waals surface area contributed by atoms with Gasteiger partial charge in [0.1, 0.15) is 0 Å². The second-order valence-electron chi connectivity index (χ2n) is 3.68. The van der Waals surface area contributed by atoms with Crippen molar-refractivity contribution in [2.75, 3.05) is 0 Å². The van der Waals surface area contributed by atoms with E-state index in [-0.39, 0.29) is 21.3 Å². The van der Waals surface area contributed by atoms with E-state index in [2.05, 4.69) is 5.10 Å². The number of alkyl halides is 3. The molecule has 0 saturated heterocycles. The molecule has 8 heteroatoms. The molecule has 0 radical (unpaired) electrons. The molecule has 1 N–H and O–H groups in total. The van der Waals surface area contributed by atoms with Crippen molar-refractivity contribution in [2.45, 2.75) is 12.8 Å². The predicted octanol–water partition coefficient (Wildman–Crippen LogP) is 3.69. The number of benzene rings is 1. The van der Waals surface area contributed by atoms with Crippen LogP contribution in [0.4, 0.5) is 13.2 Å². The minimum Gasteiger partial charge on any atom is -0.392 e. The first-order valence-electron chi connectivity index (χ1n) is 5.05. The zero-order valence-corrected chi connectivity index (χ0v) is 10.8. The monoisotopic (exact) mass is 310 g/mol. The van der Waals surface area contributed by atoms with Gasteiger partial charge in [-0.3, -0.25) is 0 Å². The summed E-state index contributed by atoms with van der Waals surface area (Å²) in [4.78, 5) is 0. The molecule has 0 saturated carbocycles. The highest BCUT2D eigenvalue weighted by molar-refractivity contribution is 6.42. The molecule has 1 aromatic heterocycles. The molecule has 3 nitrogen and oxygen atoms in total. The van der Waals surface area contributed by atoms with Crippen LogP contribution in [-0.4, -0.2) is 14.9 Å². The third kappa shape index (κ3) is 2.70. The third-order valence-corrected chi connectivity index (χ3v) is 3.17. The Bertz CT molecular complexity index is 610. The van der Waals surface area contributed by atoms with Crippen LogP contribution in [0.1, 0.15) is 11.3 Å². The standard InChI is InChI=1S/C11H7Cl2F3N2O/c12-8-2-1-7(3-9(8)13)18-10(11(14,15)16)6(5-19)4-17-18/h1-4,19H,5H2. The maximum absolute atomic E-state index is 13.0. The first kappa shape index (κ1) is 14.2. The molecule has 1 heterocycles. The number of nitrogens with zero attached hydrogens (tertiary/aromatic N) is 2. The summed E-state index contributed by atoms with van der Waals surface area (Å²) >= 11 is 11.5.